The van der Waals surface area contributed by atoms with Crippen LogP contribution in [0.5, 0.6) is 17.2 Å². The van der Waals surface area contributed by atoms with Gasteiger partial charge in [-0.15, -0.1) is 0 Å². The van der Waals surface area contributed by atoms with E-state index in [1.165, 1.54) is 26.9 Å². The van der Waals surface area contributed by atoms with Crippen molar-refractivity contribution in [3.05, 3.63) is 53.6 Å². The highest BCUT2D eigenvalue weighted by Gasteiger charge is 2.41. The number of ether oxygens (including phenoxy) is 3. The minimum absolute atomic E-state index is 0.0165. The number of aliphatic hydroxyl groups is 1. The van der Waals surface area contributed by atoms with Gasteiger partial charge in [-0.1, -0.05) is 30.3 Å². The second-order valence-corrected chi connectivity index (χ2v) is 7.55. The molecule has 0 spiro atoms. The van der Waals surface area contributed by atoms with Crippen LogP contribution in [-0.2, 0) is 6.42 Å². The number of ketones is 1. The van der Waals surface area contributed by atoms with E-state index in [2.05, 4.69) is 17.4 Å². The fourth-order valence-electron chi connectivity index (χ4n) is 4.21. The van der Waals surface area contributed by atoms with Crippen LogP contribution in [0.1, 0.15) is 28.8 Å². The summed E-state index contributed by atoms with van der Waals surface area (Å²) in [5.74, 6) is 1.36. The summed E-state index contributed by atoms with van der Waals surface area (Å²) in [6.45, 7) is 0.781. The molecule has 29 heavy (non-hydrogen) atoms. The smallest absolute Gasteiger partial charge is 0.203 e. The maximum absolute atomic E-state index is 13.3. The van der Waals surface area contributed by atoms with Crippen LogP contribution in [0.3, 0.4) is 0 Å². The number of carbonyl (C=O) groups is 1. The standard InChI is InChI=1S/C23H29NO5/c1-27-19-11-17(12-20(28-2)22(19)29-3)21(26)18-14-23(9-10-25,15-24-18)13-16-7-5-4-6-8-16/h4-8,11-12,18,24-25H,9-10,13-15H2,1-3H3. The largest absolute Gasteiger partial charge is 0.493 e. The number of hydrogen-bond donors (Lipinski definition) is 2. The van der Waals surface area contributed by atoms with Crippen molar-refractivity contribution >= 4 is 5.78 Å². The first-order valence-electron chi connectivity index (χ1n) is 9.78. The van der Waals surface area contributed by atoms with E-state index in [0.717, 1.165) is 6.42 Å². The molecule has 6 nitrogen and oxygen atoms in total. The normalized spacial score (nSPS) is 21.0. The third kappa shape index (κ3) is 4.54. The van der Waals surface area contributed by atoms with Crippen molar-refractivity contribution < 1.29 is 24.1 Å². The first kappa shape index (κ1) is 21.1. The Balaban J connectivity index is 1.83. The minimum atomic E-state index is -0.326. The summed E-state index contributed by atoms with van der Waals surface area (Å²) in [5.41, 5.74) is 1.57. The quantitative estimate of drug-likeness (QED) is 0.632. The van der Waals surface area contributed by atoms with Crippen molar-refractivity contribution in [2.75, 3.05) is 34.5 Å². The summed E-state index contributed by atoms with van der Waals surface area (Å²) < 4.78 is 16.1. The number of methoxy groups -OCH3 is 3. The molecule has 1 heterocycles. The highest BCUT2D eigenvalue weighted by atomic mass is 16.5. The molecule has 1 saturated heterocycles. The van der Waals surface area contributed by atoms with Crippen molar-refractivity contribution in [3.8, 4) is 17.2 Å². The SMILES string of the molecule is COc1cc(C(=O)C2CC(CCO)(Cc3ccccc3)CN2)cc(OC)c1OC. The molecule has 0 aromatic heterocycles. The molecule has 0 amide bonds. The van der Waals surface area contributed by atoms with Gasteiger partial charge >= 0.3 is 0 Å². The van der Waals surface area contributed by atoms with E-state index >= 15 is 0 Å². The zero-order chi connectivity index (χ0) is 20.9. The van der Waals surface area contributed by atoms with Gasteiger partial charge in [0, 0.05) is 18.7 Å². The molecule has 2 aromatic rings. The Morgan fingerprint density at radius 1 is 1.10 bits per heavy atom. The molecule has 0 aliphatic carbocycles. The van der Waals surface area contributed by atoms with Crippen LogP contribution >= 0.6 is 0 Å². The van der Waals surface area contributed by atoms with E-state index < -0.39 is 0 Å². The first-order chi connectivity index (χ1) is 14.1. The summed E-state index contributed by atoms with van der Waals surface area (Å²) in [6, 6.07) is 13.3. The highest BCUT2D eigenvalue weighted by Crippen LogP contribution is 2.40. The highest BCUT2D eigenvalue weighted by molar-refractivity contribution is 6.01. The van der Waals surface area contributed by atoms with Crippen molar-refractivity contribution in [1.29, 1.82) is 0 Å². The van der Waals surface area contributed by atoms with Gasteiger partial charge in [-0.05, 0) is 42.4 Å². The Hall–Kier alpha value is -2.57. The summed E-state index contributed by atoms with van der Waals surface area (Å²) in [6.07, 6.45) is 2.13. The first-order valence-corrected chi connectivity index (χ1v) is 9.78. The topological polar surface area (TPSA) is 77.0 Å². The Bertz CT molecular complexity index is 813. The number of aliphatic hydroxyl groups excluding tert-OH is 1. The van der Waals surface area contributed by atoms with E-state index in [-0.39, 0.29) is 23.8 Å². The summed E-state index contributed by atoms with van der Waals surface area (Å²) in [4.78, 5) is 13.3. The summed E-state index contributed by atoms with van der Waals surface area (Å²) in [7, 11) is 4.60. The average Bonchev–Trinajstić information content (AvgIpc) is 3.16. The number of benzene rings is 2. The third-order valence-corrected chi connectivity index (χ3v) is 5.69. The molecule has 1 fully saturated rings. The average molecular weight is 399 g/mol. The number of Topliss-reactive ketones (excluding diaryl/α,β-unsaturated/α-hetero) is 1. The van der Waals surface area contributed by atoms with Gasteiger partial charge < -0.3 is 24.6 Å². The maximum Gasteiger partial charge on any atom is 0.203 e. The molecule has 1 aliphatic heterocycles. The van der Waals surface area contributed by atoms with E-state index in [4.69, 9.17) is 14.2 Å². The zero-order valence-corrected chi connectivity index (χ0v) is 17.2. The second kappa shape index (κ2) is 9.29. The van der Waals surface area contributed by atoms with E-state index in [1.807, 2.05) is 18.2 Å². The van der Waals surface area contributed by atoms with E-state index in [0.29, 0.717) is 42.2 Å². The Morgan fingerprint density at radius 3 is 2.31 bits per heavy atom. The van der Waals surface area contributed by atoms with Crippen molar-refractivity contribution in [2.45, 2.75) is 25.3 Å². The predicted molar refractivity (Wildman–Crippen MR) is 111 cm³/mol. The number of rotatable bonds is 9. The molecule has 6 heteroatoms. The molecule has 2 atom stereocenters. The van der Waals surface area contributed by atoms with E-state index in [9.17, 15) is 9.90 Å². The zero-order valence-electron chi connectivity index (χ0n) is 17.2. The van der Waals surface area contributed by atoms with Crippen LogP contribution in [0.4, 0.5) is 0 Å². The number of nitrogens with one attached hydrogen (secondary N) is 1. The summed E-state index contributed by atoms with van der Waals surface area (Å²) in [5, 5.41) is 13.0. The number of hydrogen-bond acceptors (Lipinski definition) is 6. The predicted octanol–water partition coefficient (Wildman–Crippen LogP) is 2.87. The maximum atomic E-state index is 13.3. The van der Waals surface area contributed by atoms with Crippen LogP contribution < -0.4 is 19.5 Å². The van der Waals surface area contributed by atoms with E-state index in [1.54, 1.807) is 12.1 Å². The van der Waals surface area contributed by atoms with Gasteiger partial charge in [0.15, 0.2) is 17.3 Å². The molecule has 1 aliphatic rings. The lowest BCUT2D eigenvalue weighted by Gasteiger charge is -2.28. The fourth-order valence-corrected chi connectivity index (χ4v) is 4.21. The van der Waals surface area contributed by atoms with Gasteiger partial charge in [-0.2, -0.15) is 0 Å². The van der Waals surface area contributed by atoms with Crippen molar-refractivity contribution in [1.82, 2.24) is 5.32 Å². The monoisotopic (exact) mass is 399 g/mol. The van der Waals surface area contributed by atoms with Crippen LogP contribution in [0.15, 0.2) is 42.5 Å². The van der Waals surface area contributed by atoms with Gasteiger partial charge in [0.1, 0.15) is 0 Å². The van der Waals surface area contributed by atoms with Crippen LogP contribution in [0.2, 0.25) is 0 Å². The molecule has 2 N–H and O–H groups in total. The Kier molecular flexibility index (Phi) is 6.77. The molecule has 0 bridgehead atoms. The van der Waals surface area contributed by atoms with Crippen molar-refractivity contribution in [2.24, 2.45) is 5.41 Å². The van der Waals surface area contributed by atoms with Crippen molar-refractivity contribution in [3.63, 3.8) is 0 Å². The van der Waals surface area contributed by atoms with Gasteiger partial charge in [0.25, 0.3) is 0 Å². The van der Waals surface area contributed by atoms with Gasteiger partial charge in [0.2, 0.25) is 5.75 Å². The van der Waals surface area contributed by atoms with Gasteiger partial charge in [-0.3, -0.25) is 4.79 Å². The molecular formula is C23H29NO5. The molecule has 0 radical (unpaired) electrons. The molecule has 156 valence electrons. The Morgan fingerprint density at radius 2 is 1.76 bits per heavy atom. The Labute approximate surface area is 171 Å². The third-order valence-electron chi connectivity index (χ3n) is 5.69. The fraction of sp³-hybridized carbons (Fsp3) is 0.435. The molecule has 3 rings (SSSR count). The van der Waals surface area contributed by atoms with Crippen LogP contribution in [0.25, 0.3) is 0 Å². The lowest BCUT2D eigenvalue weighted by Crippen LogP contribution is -2.30. The van der Waals surface area contributed by atoms with Crippen LogP contribution in [-0.4, -0.2) is 51.4 Å². The van der Waals surface area contributed by atoms with Gasteiger partial charge in [-0.25, -0.2) is 0 Å². The summed E-state index contributed by atoms with van der Waals surface area (Å²) >= 11 is 0. The molecular weight excluding hydrogens is 370 g/mol. The molecule has 2 unspecified atom stereocenters. The van der Waals surface area contributed by atoms with Gasteiger partial charge in [0.05, 0.1) is 27.4 Å². The molecule has 0 saturated carbocycles. The molecule has 2 aromatic carbocycles. The second-order valence-electron chi connectivity index (χ2n) is 7.55. The van der Waals surface area contributed by atoms with Crippen LogP contribution in [0, 0.1) is 5.41 Å². The minimum Gasteiger partial charge on any atom is -0.493 e. The lowest BCUT2D eigenvalue weighted by atomic mass is 9.76. The lowest BCUT2D eigenvalue weighted by molar-refractivity contribution is 0.0941. The number of carbonyl (C=O) groups excluding carboxylic acids is 1.